The molecule has 1 aromatic rings. The molecular weight excluding hydrogens is 346 g/mol. The van der Waals surface area contributed by atoms with Gasteiger partial charge in [-0.15, -0.1) is 33.2 Å². The van der Waals surface area contributed by atoms with Crippen molar-refractivity contribution in [2.75, 3.05) is 0 Å². The van der Waals surface area contributed by atoms with Crippen LogP contribution in [0, 0.1) is 0 Å². The summed E-state index contributed by atoms with van der Waals surface area (Å²) in [4.78, 5) is 0. The maximum atomic E-state index is 12.4. The average Bonchev–Trinajstić information content (AvgIpc) is 1.97. The molecule has 16 heavy (non-hydrogen) atoms. The number of hydrogen-bond donors (Lipinski definition) is 0. The summed E-state index contributed by atoms with van der Waals surface area (Å²) in [6, 6.07) is -2.03. The van der Waals surface area contributed by atoms with Crippen molar-refractivity contribution in [3.05, 3.63) is 27.7 Å². The fourth-order valence-electron chi connectivity index (χ4n) is 1.01. The first-order valence-corrected chi connectivity index (χ1v) is 9.46. The number of rotatable bonds is 1. The molecule has 0 aliphatic rings. The standard InChI is InChI=1S/C7H2Cl5F3Si/c8-4-1-3(7(13,14)15)2-5(9)6(4)16(10,11)12/h1-2H. The Morgan fingerprint density at radius 1 is 0.938 bits per heavy atom. The van der Waals surface area contributed by atoms with Crippen molar-refractivity contribution in [2.24, 2.45) is 0 Å². The van der Waals surface area contributed by atoms with Crippen LogP contribution in [0.4, 0.5) is 13.2 Å². The highest BCUT2D eigenvalue weighted by Crippen LogP contribution is 2.35. The lowest BCUT2D eigenvalue weighted by Gasteiger charge is -2.15. The van der Waals surface area contributed by atoms with Gasteiger partial charge in [-0.05, 0) is 12.1 Å². The number of alkyl halides is 3. The zero-order chi connectivity index (χ0) is 12.7. The van der Waals surface area contributed by atoms with Gasteiger partial charge >= 0.3 is 12.2 Å². The molecule has 0 saturated heterocycles. The van der Waals surface area contributed by atoms with Gasteiger partial charge in [-0.1, -0.05) is 23.2 Å². The third kappa shape index (κ3) is 3.34. The van der Waals surface area contributed by atoms with E-state index in [4.69, 9.17) is 56.4 Å². The normalized spacial score (nSPS) is 13.0. The summed E-state index contributed by atoms with van der Waals surface area (Å²) in [6.45, 7) is 0. The molecule has 1 rings (SSSR count). The summed E-state index contributed by atoms with van der Waals surface area (Å²) in [6.07, 6.45) is -4.54. The molecule has 9 heteroatoms. The predicted octanol–water partition coefficient (Wildman–Crippen LogP) is 4.87. The van der Waals surface area contributed by atoms with Gasteiger partial charge in [-0.3, -0.25) is 0 Å². The maximum Gasteiger partial charge on any atom is 0.416 e. The minimum atomic E-state index is -4.54. The molecule has 0 heterocycles. The van der Waals surface area contributed by atoms with E-state index in [1.165, 1.54) is 0 Å². The second-order valence-electron chi connectivity index (χ2n) is 2.81. The van der Waals surface area contributed by atoms with E-state index in [1.807, 2.05) is 0 Å². The average molecular weight is 348 g/mol. The molecule has 1 aromatic carbocycles. The maximum absolute atomic E-state index is 12.4. The Bertz CT molecular complexity index is 388. The summed E-state index contributed by atoms with van der Waals surface area (Å²) in [5, 5.41) is -0.605. The van der Waals surface area contributed by atoms with Crippen LogP contribution >= 0.6 is 56.4 Å². The van der Waals surface area contributed by atoms with Crippen LogP contribution in [0.5, 0.6) is 0 Å². The first kappa shape index (κ1) is 14.7. The van der Waals surface area contributed by atoms with Gasteiger partial charge in [0.25, 0.3) is 0 Å². The monoisotopic (exact) mass is 346 g/mol. The van der Waals surface area contributed by atoms with Crippen LogP contribution in [0.2, 0.25) is 10.0 Å². The van der Waals surface area contributed by atoms with Gasteiger partial charge in [-0.2, -0.15) is 13.2 Å². The van der Waals surface area contributed by atoms with Crippen molar-refractivity contribution < 1.29 is 13.2 Å². The Balaban J connectivity index is 3.41. The predicted molar refractivity (Wildman–Crippen MR) is 64.4 cm³/mol. The van der Waals surface area contributed by atoms with E-state index in [9.17, 15) is 13.2 Å². The summed E-state index contributed by atoms with van der Waals surface area (Å²) in [7, 11) is 0. The molecule has 0 spiro atoms. The van der Waals surface area contributed by atoms with Crippen LogP contribution in [0.25, 0.3) is 0 Å². The fourth-order valence-corrected chi connectivity index (χ4v) is 5.73. The first-order chi connectivity index (χ1) is 7.03. The molecule has 0 atom stereocenters. The molecule has 0 aliphatic carbocycles. The van der Waals surface area contributed by atoms with Gasteiger partial charge in [0.1, 0.15) is 0 Å². The third-order valence-electron chi connectivity index (χ3n) is 1.65. The smallest absolute Gasteiger partial charge is 0.166 e. The van der Waals surface area contributed by atoms with Gasteiger partial charge in [-0.25, -0.2) is 0 Å². The largest absolute Gasteiger partial charge is 0.416 e. The Morgan fingerprint density at radius 2 is 1.31 bits per heavy atom. The number of halogens is 8. The van der Waals surface area contributed by atoms with E-state index < -0.39 is 17.7 Å². The minimum Gasteiger partial charge on any atom is -0.166 e. The molecule has 0 N–H and O–H groups in total. The van der Waals surface area contributed by atoms with Gasteiger partial charge in [0.15, 0.2) is 0 Å². The van der Waals surface area contributed by atoms with Crippen LogP contribution in [-0.4, -0.2) is 6.00 Å². The van der Waals surface area contributed by atoms with E-state index >= 15 is 0 Å². The summed E-state index contributed by atoms with van der Waals surface area (Å²) < 4.78 is 37.1. The molecule has 0 aromatic heterocycles. The van der Waals surface area contributed by atoms with Crippen LogP contribution < -0.4 is 5.19 Å². The van der Waals surface area contributed by atoms with Crippen LogP contribution in [-0.2, 0) is 6.18 Å². The molecule has 90 valence electrons. The van der Waals surface area contributed by atoms with E-state index in [0.717, 1.165) is 0 Å². The third-order valence-corrected chi connectivity index (χ3v) is 5.37. The molecule has 0 unspecified atom stereocenters. The topological polar surface area (TPSA) is 0 Å². The quantitative estimate of drug-likeness (QED) is 0.501. The van der Waals surface area contributed by atoms with Gasteiger partial charge < -0.3 is 0 Å². The Kier molecular flexibility index (Phi) is 4.37. The fraction of sp³-hybridized carbons (Fsp3) is 0.143. The van der Waals surface area contributed by atoms with E-state index in [2.05, 4.69) is 0 Å². The van der Waals surface area contributed by atoms with Gasteiger partial charge in [0, 0.05) is 15.2 Å². The second-order valence-corrected chi connectivity index (χ2v) is 12.0. The highest BCUT2D eigenvalue weighted by Gasteiger charge is 2.37. The second kappa shape index (κ2) is 4.75. The highest BCUT2D eigenvalue weighted by molar-refractivity contribution is 7.69. The highest BCUT2D eigenvalue weighted by atomic mass is 35.8. The van der Waals surface area contributed by atoms with E-state index in [-0.39, 0.29) is 15.2 Å². The molecule has 0 aliphatic heterocycles. The summed E-state index contributed by atoms with van der Waals surface area (Å²) in [5.41, 5.74) is -0.977. The molecule has 0 nitrogen and oxygen atoms in total. The summed E-state index contributed by atoms with van der Waals surface area (Å²) >= 11 is 28.2. The van der Waals surface area contributed by atoms with Gasteiger partial charge in [0.05, 0.1) is 5.56 Å². The lowest BCUT2D eigenvalue weighted by Crippen LogP contribution is -2.32. The van der Waals surface area contributed by atoms with Crippen molar-refractivity contribution in [3.8, 4) is 0 Å². The van der Waals surface area contributed by atoms with Crippen molar-refractivity contribution in [2.45, 2.75) is 6.18 Å². The van der Waals surface area contributed by atoms with Crippen LogP contribution in [0.15, 0.2) is 12.1 Å². The SMILES string of the molecule is FC(F)(F)c1cc(Cl)c([Si](Cl)(Cl)Cl)c(Cl)c1. The van der Waals surface area contributed by atoms with Crippen molar-refractivity contribution in [3.63, 3.8) is 0 Å². The van der Waals surface area contributed by atoms with Gasteiger partial charge in [0.2, 0.25) is 0 Å². The minimum absolute atomic E-state index is 0.0335. The Labute approximate surface area is 114 Å². The van der Waals surface area contributed by atoms with Crippen molar-refractivity contribution in [1.29, 1.82) is 0 Å². The molecule has 0 saturated carbocycles. The molecule has 0 bridgehead atoms. The van der Waals surface area contributed by atoms with Crippen molar-refractivity contribution >= 4 is 67.6 Å². The number of hydrogen-bond acceptors (Lipinski definition) is 0. The molecule has 0 fully saturated rings. The Hall–Kier alpha value is 0.677. The Morgan fingerprint density at radius 3 is 1.56 bits per heavy atom. The zero-order valence-corrected chi connectivity index (χ0v) is 12.0. The van der Waals surface area contributed by atoms with Crippen LogP contribution in [0.3, 0.4) is 0 Å². The molecule has 0 amide bonds. The lowest BCUT2D eigenvalue weighted by molar-refractivity contribution is -0.137. The summed E-state index contributed by atoms with van der Waals surface area (Å²) in [5.74, 6) is 0. The van der Waals surface area contributed by atoms with Crippen LogP contribution in [0.1, 0.15) is 5.56 Å². The zero-order valence-electron chi connectivity index (χ0n) is 7.18. The molecule has 0 radical (unpaired) electrons. The first-order valence-electron chi connectivity index (χ1n) is 3.67. The molecular formula is C7H2Cl5F3Si. The van der Waals surface area contributed by atoms with Crippen molar-refractivity contribution in [1.82, 2.24) is 0 Å². The van der Waals surface area contributed by atoms with E-state index in [0.29, 0.717) is 12.1 Å². The van der Waals surface area contributed by atoms with E-state index in [1.54, 1.807) is 0 Å². The number of benzene rings is 1. The lowest BCUT2D eigenvalue weighted by atomic mass is 10.2.